The highest BCUT2D eigenvalue weighted by Gasteiger charge is 2.32. The number of aromatic hydroxyl groups is 2. The van der Waals surface area contributed by atoms with E-state index >= 15 is 0 Å². The SMILES string of the molecule is C=C(C)C(=O)OC(c1cc(C)cc(C(C)(C)C)c1O)c1cc(C)cc(C(C)(C)C)c1O. The Morgan fingerprint density at radius 2 is 1.19 bits per heavy atom. The summed E-state index contributed by atoms with van der Waals surface area (Å²) in [4.78, 5) is 12.6. The van der Waals surface area contributed by atoms with Gasteiger partial charge >= 0.3 is 5.97 Å². The third kappa shape index (κ3) is 5.30. The first-order valence-corrected chi connectivity index (χ1v) is 10.6. The summed E-state index contributed by atoms with van der Waals surface area (Å²) in [5.41, 5.74) is 3.86. The summed E-state index contributed by atoms with van der Waals surface area (Å²) in [6.45, 7) is 21.2. The van der Waals surface area contributed by atoms with Crippen molar-refractivity contribution in [3.05, 3.63) is 69.8 Å². The lowest BCUT2D eigenvalue weighted by molar-refractivity contribution is -0.142. The minimum atomic E-state index is -0.980. The molecule has 2 aromatic carbocycles. The second-order valence-electron chi connectivity index (χ2n) is 10.6. The van der Waals surface area contributed by atoms with Crippen molar-refractivity contribution in [3.8, 4) is 11.5 Å². The number of esters is 1. The molecule has 0 fully saturated rings. The molecule has 0 unspecified atom stereocenters. The Morgan fingerprint density at radius 3 is 1.48 bits per heavy atom. The van der Waals surface area contributed by atoms with Gasteiger partial charge in [-0.05, 0) is 54.9 Å². The van der Waals surface area contributed by atoms with Crippen LogP contribution in [-0.4, -0.2) is 16.2 Å². The van der Waals surface area contributed by atoms with Gasteiger partial charge in [0, 0.05) is 16.7 Å². The highest BCUT2D eigenvalue weighted by Crippen LogP contribution is 2.45. The zero-order chi connectivity index (χ0) is 23.9. The lowest BCUT2D eigenvalue weighted by Crippen LogP contribution is -2.19. The maximum Gasteiger partial charge on any atom is 0.334 e. The van der Waals surface area contributed by atoms with Crippen molar-refractivity contribution in [1.29, 1.82) is 0 Å². The van der Waals surface area contributed by atoms with Crippen LogP contribution in [0.25, 0.3) is 0 Å². The van der Waals surface area contributed by atoms with Crippen LogP contribution >= 0.6 is 0 Å². The van der Waals surface area contributed by atoms with Crippen LogP contribution < -0.4 is 0 Å². The molecule has 0 aromatic heterocycles. The Hall–Kier alpha value is -2.75. The quantitative estimate of drug-likeness (QED) is 0.433. The van der Waals surface area contributed by atoms with E-state index in [-0.39, 0.29) is 27.9 Å². The fourth-order valence-electron chi connectivity index (χ4n) is 3.66. The Bertz CT molecular complexity index is 947. The van der Waals surface area contributed by atoms with Gasteiger partial charge in [0.1, 0.15) is 11.5 Å². The summed E-state index contributed by atoms with van der Waals surface area (Å²) < 4.78 is 5.83. The average Bonchev–Trinajstić information content (AvgIpc) is 2.61. The van der Waals surface area contributed by atoms with Crippen LogP contribution in [0.4, 0.5) is 0 Å². The normalized spacial score (nSPS) is 12.2. The van der Waals surface area contributed by atoms with E-state index in [1.807, 2.05) is 67.5 Å². The van der Waals surface area contributed by atoms with Gasteiger partial charge in [0.2, 0.25) is 0 Å². The predicted molar refractivity (Wildman–Crippen MR) is 126 cm³/mol. The summed E-state index contributed by atoms with van der Waals surface area (Å²) in [5, 5.41) is 22.5. The zero-order valence-corrected chi connectivity index (χ0v) is 20.3. The molecule has 0 bridgehead atoms. The predicted octanol–water partition coefficient (Wildman–Crippen LogP) is 6.52. The molecule has 0 aliphatic heterocycles. The van der Waals surface area contributed by atoms with E-state index in [1.165, 1.54) is 0 Å². The molecule has 0 atom stereocenters. The van der Waals surface area contributed by atoms with Crippen molar-refractivity contribution in [1.82, 2.24) is 0 Å². The van der Waals surface area contributed by atoms with Crippen LogP contribution in [0.2, 0.25) is 0 Å². The molecule has 0 saturated heterocycles. The van der Waals surface area contributed by atoms with E-state index in [4.69, 9.17) is 4.74 Å². The second-order valence-corrected chi connectivity index (χ2v) is 10.6. The zero-order valence-electron chi connectivity index (χ0n) is 20.3. The van der Waals surface area contributed by atoms with Gasteiger partial charge in [-0.3, -0.25) is 0 Å². The minimum Gasteiger partial charge on any atom is -0.507 e. The number of phenolic OH excluding ortho intramolecular Hbond substituents is 2. The molecule has 4 nitrogen and oxygen atoms in total. The fourth-order valence-corrected chi connectivity index (χ4v) is 3.66. The van der Waals surface area contributed by atoms with Crippen molar-refractivity contribution in [3.63, 3.8) is 0 Å². The van der Waals surface area contributed by atoms with Crippen molar-refractivity contribution in [2.75, 3.05) is 0 Å². The Kier molecular flexibility index (Phi) is 6.65. The summed E-state index contributed by atoms with van der Waals surface area (Å²) in [7, 11) is 0. The van der Waals surface area contributed by atoms with Gasteiger partial charge in [-0.25, -0.2) is 4.79 Å². The molecular weight excluding hydrogens is 388 g/mol. The summed E-state index contributed by atoms with van der Waals surface area (Å²) in [6.07, 6.45) is -0.980. The largest absolute Gasteiger partial charge is 0.507 e. The van der Waals surface area contributed by atoms with E-state index in [1.54, 1.807) is 19.1 Å². The van der Waals surface area contributed by atoms with Gasteiger partial charge in [-0.15, -0.1) is 0 Å². The standard InChI is InChI=1S/C27H36O4/c1-15(2)25(30)31-24(18-11-16(3)13-20(22(18)28)26(5,6)7)19-12-17(4)14-21(23(19)29)27(8,9)10/h11-14,24,28-29H,1H2,2-10H3. The van der Waals surface area contributed by atoms with Gasteiger partial charge < -0.3 is 14.9 Å². The lowest BCUT2D eigenvalue weighted by Gasteiger charge is -2.29. The molecule has 4 heteroatoms. The van der Waals surface area contributed by atoms with Crippen LogP contribution in [0.1, 0.15) is 88.0 Å². The summed E-state index contributed by atoms with van der Waals surface area (Å²) >= 11 is 0. The molecule has 0 aliphatic rings. The fraction of sp³-hybridized carbons (Fsp3) is 0.444. The smallest absolute Gasteiger partial charge is 0.334 e. The number of benzene rings is 2. The van der Waals surface area contributed by atoms with E-state index in [9.17, 15) is 15.0 Å². The Labute approximate surface area is 186 Å². The van der Waals surface area contributed by atoms with Crippen molar-refractivity contribution in [2.45, 2.75) is 79.2 Å². The summed E-state index contributed by atoms with van der Waals surface area (Å²) in [5.74, 6) is -0.451. The van der Waals surface area contributed by atoms with Gasteiger partial charge in [-0.1, -0.05) is 71.4 Å². The van der Waals surface area contributed by atoms with Crippen LogP contribution in [-0.2, 0) is 20.4 Å². The number of hydrogen-bond donors (Lipinski definition) is 2. The molecule has 0 saturated carbocycles. The number of phenols is 2. The lowest BCUT2D eigenvalue weighted by atomic mass is 9.81. The molecule has 31 heavy (non-hydrogen) atoms. The molecular formula is C27H36O4. The van der Waals surface area contributed by atoms with Crippen molar-refractivity contribution < 1.29 is 19.7 Å². The maximum atomic E-state index is 12.6. The second kappa shape index (κ2) is 8.41. The van der Waals surface area contributed by atoms with Crippen molar-refractivity contribution >= 4 is 5.97 Å². The summed E-state index contributed by atoms with van der Waals surface area (Å²) in [6, 6.07) is 7.49. The molecule has 2 aromatic rings. The van der Waals surface area contributed by atoms with Gasteiger partial charge in [-0.2, -0.15) is 0 Å². The van der Waals surface area contributed by atoms with Gasteiger partial charge in [0.05, 0.1) is 0 Å². The highest BCUT2D eigenvalue weighted by molar-refractivity contribution is 5.87. The van der Waals surface area contributed by atoms with Crippen LogP contribution in [0.3, 0.4) is 0 Å². The number of hydrogen-bond acceptors (Lipinski definition) is 4. The molecule has 0 heterocycles. The topological polar surface area (TPSA) is 66.8 Å². The first-order valence-electron chi connectivity index (χ1n) is 10.6. The molecule has 2 N–H and O–H groups in total. The van der Waals surface area contributed by atoms with Crippen molar-refractivity contribution in [2.24, 2.45) is 0 Å². The number of aryl methyl sites for hydroxylation is 2. The number of rotatable bonds is 4. The number of carbonyl (C=O) groups excluding carboxylic acids is 1. The first-order chi connectivity index (χ1) is 14.0. The molecule has 168 valence electrons. The van der Waals surface area contributed by atoms with Crippen LogP contribution in [0.15, 0.2) is 36.4 Å². The molecule has 0 spiro atoms. The molecule has 0 amide bonds. The van der Waals surface area contributed by atoms with E-state index in [0.717, 1.165) is 22.3 Å². The van der Waals surface area contributed by atoms with E-state index < -0.39 is 12.1 Å². The van der Waals surface area contributed by atoms with Crippen LogP contribution in [0.5, 0.6) is 11.5 Å². The molecule has 0 radical (unpaired) electrons. The maximum absolute atomic E-state index is 12.6. The van der Waals surface area contributed by atoms with Gasteiger partial charge in [0.15, 0.2) is 6.10 Å². The highest BCUT2D eigenvalue weighted by atomic mass is 16.5. The third-order valence-corrected chi connectivity index (χ3v) is 5.32. The van der Waals surface area contributed by atoms with E-state index in [0.29, 0.717) is 11.1 Å². The van der Waals surface area contributed by atoms with Crippen LogP contribution in [0, 0.1) is 13.8 Å². The first kappa shape index (κ1) is 24.5. The van der Waals surface area contributed by atoms with E-state index in [2.05, 4.69) is 6.58 Å². The minimum absolute atomic E-state index is 0.0656. The third-order valence-electron chi connectivity index (χ3n) is 5.32. The average molecular weight is 425 g/mol. The number of carbonyl (C=O) groups is 1. The Morgan fingerprint density at radius 1 is 0.839 bits per heavy atom. The monoisotopic (exact) mass is 424 g/mol. The van der Waals surface area contributed by atoms with Gasteiger partial charge in [0.25, 0.3) is 0 Å². The Balaban J connectivity index is 2.88. The molecule has 2 rings (SSSR count). The number of ether oxygens (including phenoxy) is 1. The molecule has 0 aliphatic carbocycles.